The Morgan fingerprint density at radius 3 is 1.73 bits per heavy atom. The van der Waals surface area contributed by atoms with Gasteiger partial charge in [-0.3, -0.25) is 4.79 Å². The average Bonchev–Trinajstić information content (AvgIpc) is 3.13. The molecule has 0 radical (unpaired) electrons. The van der Waals surface area contributed by atoms with E-state index in [-0.39, 0.29) is 16.2 Å². The summed E-state index contributed by atoms with van der Waals surface area (Å²) in [6.45, 7) is 5.47. The number of carbonyl (C=O) groups excluding carboxylic acids is 1. The molecule has 3 aromatic carbocycles. The molecule has 0 bridgehead atoms. The molecule has 1 saturated heterocycles. The Bertz CT molecular complexity index is 1410. The highest BCUT2D eigenvalue weighted by molar-refractivity contribution is 7.92. The van der Waals surface area contributed by atoms with Gasteiger partial charge in [0.1, 0.15) is 0 Å². The van der Waals surface area contributed by atoms with Gasteiger partial charge in [0, 0.05) is 0 Å². The van der Waals surface area contributed by atoms with Gasteiger partial charge in [0.2, 0.25) is 0 Å². The first-order chi connectivity index (χ1) is 15.5. The molecule has 33 heavy (non-hydrogen) atoms. The first-order valence-electron chi connectivity index (χ1n) is 10.3. The van der Waals surface area contributed by atoms with Crippen LogP contribution < -0.4 is 0 Å². The smallest absolute Gasteiger partial charge is 0.272 e. The maximum atomic E-state index is 13.8. The van der Waals surface area contributed by atoms with Gasteiger partial charge in [-0.05, 0) is 50.6 Å². The third-order valence-corrected chi connectivity index (χ3v) is 9.15. The molecular formula is C24H24N2O5S2. The fraction of sp³-hybridized carbons (Fsp3) is 0.208. The fourth-order valence-corrected chi connectivity index (χ4v) is 7.20. The first-order valence-corrected chi connectivity index (χ1v) is 13.2. The Kier molecular flexibility index (Phi) is 5.90. The number of aryl methyl sites for hydroxylation is 3. The molecular weight excluding hydrogens is 460 g/mol. The molecule has 1 aliphatic rings. The van der Waals surface area contributed by atoms with E-state index >= 15 is 0 Å². The number of benzene rings is 3. The minimum absolute atomic E-state index is 0.0930. The van der Waals surface area contributed by atoms with E-state index in [1.54, 1.807) is 49.4 Å². The van der Waals surface area contributed by atoms with E-state index in [0.29, 0.717) is 9.98 Å². The summed E-state index contributed by atoms with van der Waals surface area (Å²) >= 11 is 0. The quantitative estimate of drug-likeness (QED) is 0.548. The van der Waals surface area contributed by atoms with Gasteiger partial charge in [0.05, 0.1) is 22.3 Å². The molecule has 0 aliphatic carbocycles. The maximum absolute atomic E-state index is 13.8. The lowest BCUT2D eigenvalue weighted by molar-refractivity contribution is -0.126. The van der Waals surface area contributed by atoms with Crippen molar-refractivity contribution in [1.82, 2.24) is 8.83 Å². The van der Waals surface area contributed by atoms with Gasteiger partial charge < -0.3 is 0 Å². The van der Waals surface area contributed by atoms with Crippen LogP contribution in [0.4, 0.5) is 0 Å². The van der Waals surface area contributed by atoms with Crippen LogP contribution in [0.2, 0.25) is 0 Å². The summed E-state index contributed by atoms with van der Waals surface area (Å²) in [6.07, 6.45) is -0.292. The molecule has 9 heteroatoms. The van der Waals surface area contributed by atoms with E-state index < -0.39 is 32.0 Å². The van der Waals surface area contributed by atoms with Crippen molar-refractivity contribution in [2.24, 2.45) is 0 Å². The highest BCUT2D eigenvalue weighted by atomic mass is 32.2. The second kappa shape index (κ2) is 8.40. The Labute approximate surface area is 194 Å². The molecule has 172 valence electrons. The van der Waals surface area contributed by atoms with E-state index in [1.165, 1.54) is 24.3 Å². The van der Waals surface area contributed by atoms with E-state index in [4.69, 9.17) is 0 Å². The van der Waals surface area contributed by atoms with Gasteiger partial charge in [0.25, 0.3) is 26.0 Å². The molecule has 4 rings (SSSR count). The Morgan fingerprint density at radius 2 is 1.21 bits per heavy atom. The van der Waals surface area contributed by atoms with Crippen molar-refractivity contribution in [3.05, 3.63) is 95.1 Å². The van der Waals surface area contributed by atoms with Gasteiger partial charge >= 0.3 is 0 Å². The zero-order valence-electron chi connectivity index (χ0n) is 18.5. The number of nitrogens with zero attached hydrogens (tertiary/aromatic N) is 2. The van der Waals surface area contributed by atoms with Crippen molar-refractivity contribution in [3.63, 3.8) is 0 Å². The van der Waals surface area contributed by atoms with Crippen LogP contribution in [0.15, 0.2) is 82.6 Å². The second-order valence-electron chi connectivity index (χ2n) is 8.18. The number of rotatable bonds is 5. The molecule has 1 aliphatic heterocycles. The third kappa shape index (κ3) is 4.19. The largest absolute Gasteiger partial charge is 0.281 e. The zero-order valence-corrected chi connectivity index (χ0v) is 20.1. The van der Waals surface area contributed by atoms with Gasteiger partial charge in [-0.15, -0.1) is 4.41 Å². The minimum atomic E-state index is -4.47. The van der Waals surface area contributed by atoms with Gasteiger partial charge in [-0.1, -0.05) is 69.6 Å². The highest BCUT2D eigenvalue weighted by Gasteiger charge is 2.52. The molecule has 0 spiro atoms. The van der Waals surface area contributed by atoms with Crippen molar-refractivity contribution >= 4 is 26.0 Å². The van der Waals surface area contributed by atoms with Crippen LogP contribution in [-0.4, -0.2) is 31.6 Å². The Balaban J connectivity index is 1.92. The van der Waals surface area contributed by atoms with Crippen LogP contribution in [0.5, 0.6) is 0 Å². The van der Waals surface area contributed by atoms with Gasteiger partial charge in [-0.2, -0.15) is 8.42 Å². The van der Waals surface area contributed by atoms with Crippen molar-refractivity contribution in [3.8, 4) is 0 Å². The summed E-state index contributed by atoms with van der Waals surface area (Å²) in [5, 5.41) is 0. The Hall–Kier alpha value is -3.01. The maximum Gasteiger partial charge on any atom is 0.281 e. The minimum Gasteiger partial charge on any atom is -0.272 e. The normalized spacial score (nSPS) is 17.5. The molecule has 0 N–H and O–H groups in total. The summed E-state index contributed by atoms with van der Waals surface area (Å²) < 4.78 is 55.8. The molecule has 1 heterocycles. The molecule has 0 saturated carbocycles. The Morgan fingerprint density at radius 1 is 0.697 bits per heavy atom. The van der Waals surface area contributed by atoms with Crippen LogP contribution in [0.25, 0.3) is 0 Å². The molecule has 1 amide bonds. The topological polar surface area (TPSA) is 91.8 Å². The molecule has 1 unspecified atom stereocenters. The predicted molar refractivity (Wildman–Crippen MR) is 124 cm³/mol. The van der Waals surface area contributed by atoms with E-state index in [2.05, 4.69) is 0 Å². The van der Waals surface area contributed by atoms with Crippen LogP contribution >= 0.6 is 0 Å². The standard InChI is InChI=1S/C24H24N2O5S2/c1-17-7-11-21(12-8-17)32(28,29)25-23(20-6-4-5-19(3)15-20)16-24(27)26(25)33(30,31)22-13-9-18(2)10-14-22/h4-15,23H,16H2,1-3H3. The molecule has 7 nitrogen and oxygen atoms in total. The molecule has 1 atom stereocenters. The van der Waals surface area contributed by atoms with Crippen molar-refractivity contribution in [2.75, 3.05) is 0 Å². The van der Waals surface area contributed by atoms with Crippen LogP contribution in [-0.2, 0) is 24.8 Å². The second-order valence-corrected chi connectivity index (χ2v) is 11.7. The lowest BCUT2D eigenvalue weighted by Gasteiger charge is -2.30. The third-order valence-electron chi connectivity index (χ3n) is 5.57. The van der Waals surface area contributed by atoms with E-state index in [1.807, 2.05) is 19.9 Å². The number of amides is 1. The van der Waals surface area contributed by atoms with Crippen molar-refractivity contribution in [2.45, 2.75) is 43.0 Å². The summed E-state index contributed by atoms with van der Waals surface area (Å²) in [7, 11) is -8.86. The van der Waals surface area contributed by atoms with Crippen LogP contribution in [0, 0.1) is 20.8 Å². The highest BCUT2D eigenvalue weighted by Crippen LogP contribution is 2.41. The van der Waals surface area contributed by atoms with Gasteiger partial charge in [0.15, 0.2) is 0 Å². The van der Waals surface area contributed by atoms with Crippen molar-refractivity contribution < 1.29 is 21.6 Å². The number of hydrogen-bond donors (Lipinski definition) is 0. The van der Waals surface area contributed by atoms with E-state index in [0.717, 1.165) is 21.1 Å². The first kappa shape index (κ1) is 23.2. The molecule has 3 aromatic rings. The number of carbonyl (C=O) groups is 1. The monoisotopic (exact) mass is 484 g/mol. The summed E-state index contributed by atoms with van der Waals surface area (Å²) in [5.41, 5.74) is 3.10. The van der Waals surface area contributed by atoms with E-state index in [9.17, 15) is 21.6 Å². The van der Waals surface area contributed by atoms with Crippen LogP contribution in [0.1, 0.15) is 34.7 Å². The summed E-state index contributed by atoms with van der Waals surface area (Å²) in [5.74, 6) is -0.808. The number of sulfonamides is 2. The summed E-state index contributed by atoms with van der Waals surface area (Å²) in [6, 6.07) is 18.1. The fourth-order valence-electron chi connectivity index (χ4n) is 3.81. The lowest BCUT2D eigenvalue weighted by atomic mass is 10.0. The van der Waals surface area contributed by atoms with Gasteiger partial charge in [-0.25, -0.2) is 8.42 Å². The van der Waals surface area contributed by atoms with Crippen molar-refractivity contribution in [1.29, 1.82) is 0 Å². The average molecular weight is 485 g/mol. The zero-order chi connectivity index (χ0) is 24.0. The SMILES string of the molecule is Cc1ccc(S(=O)(=O)N2C(=O)CC(c3cccc(C)c3)N2S(=O)(=O)c2ccc(C)cc2)cc1. The molecule has 1 fully saturated rings. The lowest BCUT2D eigenvalue weighted by Crippen LogP contribution is -2.47. The summed E-state index contributed by atoms with van der Waals surface area (Å²) in [4.78, 5) is 12.9. The van der Waals surface area contributed by atoms with Crippen LogP contribution in [0.3, 0.4) is 0 Å². The molecule has 0 aromatic heterocycles. The predicted octanol–water partition coefficient (Wildman–Crippen LogP) is 3.88. The number of hydrogen-bond acceptors (Lipinski definition) is 5. The number of hydrazine groups is 1.